The minimum absolute atomic E-state index is 0.0189. The van der Waals surface area contributed by atoms with Crippen LogP contribution in [-0.2, 0) is 9.59 Å². The number of hydrogen-bond donors (Lipinski definition) is 4. The molecule has 1 rings (SSSR count). The van der Waals surface area contributed by atoms with Crippen molar-refractivity contribution in [2.24, 2.45) is 0 Å². The molecule has 0 bridgehead atoms. The monoisotopic (exact) mass is 330 g/mol. The first-order valence-corrected chi connectivity index (χ1v) is 7.64. The summed E-state index contributed by atoms with van der Waals surface area (Å²) in [6.45, 7) is 5.18. The predicted octanol–water partition coefficient (Wildman–Crippen LogP) is 0.327. The highest BCUT2D eigenvalue weighted by Gasteiger charge is 2.21. The van der Waals surface area contributed by atoms with Crippen molar-refractivity contribution >= 4 is 47.3 Å². The molecule has 4 N–H and O–H groups in total. The van der Waals surface area contributed by atoms with Gasteiger partial charge in [-0.25, -0.2) is 0 Å². The Morgan fingerprint density at radius 2 is 2.00 bits per heavy atom. The highest BCUT2D eigenvalue weighted by molar-refractivity contribution is 8.13. The zero-order valence-electron chi connectivity index (χ0n) is 12.0. The van der Waals surface area contributed by atoms with Gasteiger partial charge in [-0.1, -0.05) is 0 Å². The maximum absolute atomic E-state index is 12.1. The van der Waals surface area contributed by atoms with E-state index in [0.29, 0.717) is 5.95 Å². The number of hydrogen-bond acceptors (Lipinski definition) is 9. The second kappa shape index (κ2) is 8.03. The number of nitrogen functional groups attached to an aromatic ring is 1. The van der Waals surface area contributed by atoms with Crippen LogP contribution in [0.25, 0.3) is 0 Å². The zero-order chi connectivity index (χ0) is 16.0. The zero-order valence-corrected chi connectivity index (χ0v) is 13.7. The topological polar surface area (TPSA) is 123 Å². The Labute approximate surface area is 132 Å². The summed E-state index contributed by atoms with van der Waals surface area (Å²) in [7, 11) is 0. The lowest BCUT2D eigenvalue weighted by Crippen LogP contribution is -2.39. The maximum atomic E-state index is 12.1. The van der Waals surface area contributed by atoms with Crippen molar-refractivity contribution in [3.8, 4) is 0 Å². The van der Waals surface area contributed by atoms with Crippen molar-refractivity contribution < 1.29 is 9.59 Å². The molecule has 116 valence electrons. The van der Waals surface area contributed by atoms with Gasteiger partial charge in [0.25, 0.3) is 0 Å². The van der Waals surface area contributed by atoms with E-state index in [9.17, 15) is 9.59 Å². The number of aromatic nitrogens is 3. The SMILES string of the molecule is CC(=O)N[C@@H](CS)C(=O)Sc1nc(N)nc(NC(C)C)n1. The summed E-state index contributed by atoms with van der Waals surface area (Å²) >= 11 is 4.83. The molecule has 1 amide bonds. The average Bonchev–Trinajstić information content (AvgIpc) is 2.33. The molecule has 10 heteroatoms. The van der Waals surface area contributed by atoms with Crippen LogP contribution in [0.5, 0.6) is 0 Å². The van der Waals surface area contributed by atoms with E-state index in [-0.39, 0.29) is 33.9 Å². The third kappa shape index (κ3) is 6.17. The van der Waals surface area contributed by atoms with E-state index < -0.39 is 6.04 Å². The van der Waals surface area contributed by atoms with Gasteiger partial charge in [-0.05, 0) is 25.6 Å². The van der Waals surface area contributed by atoms with Gasteiger partial charge in [-0.3, -0.25) is 9.59 Å². The van der Waals surface area contributed by atoms with E-state index >= 15 is 0 Å². The van der Waals surface area contributed by atoms with Crippen LogP contribution in [0.4, 0.5) is 11.9 Å². The molecule has 0 aliphatic rings. The summed E-state index contributed by atoms with van der Waals surface area (Å²) in [5, 5.41) is 5.35. The van der Waals surface area contributed by atoms with Crippen LogP contribution >= 0.6 is 24.4 Å². The Morgan fingerprint density at radius 3 is 2.52 bits per heavy atom. The van der Waals surface area contributed by atoms with Gasteiger partial charge >= 0.3 is 0 Å². The summed E-state index contributed by atoms with van der Waals surface area (Å²) in [5.74, 6) is 0.198. The number of nitrogens with one attached hydrogen (secondary N) is 2. The molecular weight excluding hydrogens is 312 g/mol. The van der Waals surface area contributed by atoms with E-state index in [4.69, 9.17) is 5.73 Å². The Kier molecular flexibility index (Phi) is 6.69. The second-order valence-corrected chi connectivity index (χ2v) is 5.79. The molecule has 0 aromatic carbocycles. The van der Waals surface area contributed by atoms with Gasteiger partial charge in [0.1, 0.15) is 6.04 Å². The Morgan fingerprint density at radius 1 is 1.33 bits per heavy atom. The molecule has 0 spiro atoms. The molecule has 1 aromatic rings. The summed E-state index contributed by atoms with van der Waals surface area (Å²) in [6.07, 6.45) is 0. The molecule has 0 aliphatic carbocycles. The van der Waals surface area contributed by atoms with Crippen LogP contribution in [-0.4, -0.2) is 43.8 Å². The summed E-state index contributed by atoms with van der Waals surface area (Å²) in [5.41, 5.74) is 5.59. The molecule has 0 fully saturated rings. The van der Waals surface area contributed by atoms with Crippen LogP contribution in [0, 0.1) is 0 Å². The minimum atomic E-state index is -0.713. The van der Waals surface area contributed by atoms with Crippen molar-refractivity contribution in [2.45, 2.75) is 38.0 Å². The molecule has 0 saturated heterocycles. The highest BCUT2D eigenvalue weighted by Crippen LogP contribution is 2.18. The van der Waals surface area contributed by atoms with Crippen molar-refractivity contribution in [1.29, 1.82) is 0 Å². The number of nitrogens with two attached hydrogens (primary N) is 1. The molecule has 1 atom stereocenters. The number of rotatable bonds is 6. The third-order valence-corrected chi connectivity index (χ3v) is 3.30. The number of carbonyl (C=O) groups excluding carboxylic acids is 2. The van der Waals surface area contributed by atoms with E-state index in [1.54, 1.807) is 0 Å². The van der Waals surface area contributed by atoms with E-state index in [1.807, 2.05) is 13.8 Å². The first-order valence-electron chi connectivity index (χ1n) is 6.19. The average molecular weight is 330 g/mol. The molecule has 8 nitrogen and oxygen atoms in total. The van der Waals surface area contributed by atoms with Gasteiger partial charge in [-0.2, -0.15) is 27.6 Å². The van der Waals surface area contributed by atoms with Crippen molar-refractivity contribution in [1.82, 2.24) is 20.3 Å². The van der Waals surface area contributed by atoms with E-state index in [1.165, 1.54) is 6.92 Å². The van der Waals surface area contributed by atoms with Crippen molar-refractivity contribution in [2.75, 3.05) is 16.8 Å². The smallest absolute Gasteiger partial charge is 0.228 e. The van der Waals surface area contributed by atoms with E-state index in [0.717, 1.165) is 11.8 Å². The first kappa shape index (κ1) is 17.5. The van der Waals surface area contributed by atoms with Crippen LogP contribution in [0.2, 0.25) is 0 Å². The number of nitrogens with zero attached hydrogens (tertiary/aromatic N) is 3. The Hall–Kier alpha value is -1.55. The first-order chi connectivity index (χ1) is 9.81. The molecule has 0 unspecified atom stereocenters. The molecule has 0 radical (unpaired) electrons. The van der Waals surface area contributed by atoms with Crippen molar-refractivity contribution in [3.05, 3.63) is 0 Å². The quantitative estimate of drug-likeness (QED) is 0.435. The van der Waals surface area contributed by atoms with Crippen LogP contribution < -0.4 is 16.4 Å². The standard InChI is InChI=1S/C11H18N6O2S2/c1-5(2)13-10-15-9(12)16-11(17-10)21-8(19)7(4-20)14-6(3)18/h5,7,20H,4H2,1-3H3,(H,14,18)(H3,12,13,15,16,17)/t7-/m0/s1. The number of amides is 1. The molecule has 1 aromatic heterocycles. The number of anilines is 2. The van der Waals surface area contributed by atoms with Gasteiger partial charge in [-0.15, -0.1) is 0 Å². The predicted molar refractivity (Wildman–Crippen MR) is 85.3 cm³/mol. The van der Waals surface area contributed by atoms with E-state index in [2.05, 4.69) is 38.2 Å². The summed E-state index contributed by atoms with van der Waals surface area (Å²) < 4.78 is 0. The largest absolute Gasteiger partial charge is 0.368 e. The molecule has 0 aliphatic heterocycles. The maximum Gasteiger partial charge on any atom is 0.228 e. The molecular formula is C11H18N6O2S2. The Bertz CT molecular complexity index is 525. The third-order valence-electron chi connectivity index (χ3n) is 2.09. The number of thioether (sulfide) groups is 1. The summed E-state index contributed by atoms with van der Waals surface area (Å²) in [4.78, 5) is 35.0. The van der Waals surface area contributed by atoms with Crippen molar-refractivity contribution in [3.63, 3.8) is 0 Å². The van der Waals surface area contributed by atoms with Gasteiger partial charge in [0.05, 0.1) is 0 Å². The van der Waals surface area contributed by atoms with Gasteiger partial charge in [0.15, 0.2) is 0 Å². The second-order valence-electron chi connectivity index (χ2n) is 4.46. The Balaban J connectivity index is 2.83. The number of carbonyl (C=O) groups is 2. The lowest BCUT2D eigenvalue weighted by atomic mass is 10.4. The number of thiol groups is 1. The van der Waals surface area contributed by atoms with Gasteiger partial charge in [0.2, 0.25) is 28.1 Å². The molecule has 0 saturated carbocycles. The molecule has 1 heterocycles. The van der Waals surface area contributed by atoms with Gasteiger partial charge < -0.3 is 16.4 Å². The lowest BCUT2D eigenvalue weighted by Gasteiger charge is -2.13. The normalized spacial score (nSPS) is 12.0. The fourth-order valence-electron chi connectivity index (χ4n) is 1.33. The minimum Gasteiger partial charge on any atom is -0.368 e. The van der Waals surface area contributed by atoms with Gasteiger partial charge in [0, 0.05) is 18.7 Å². The van der Waals surface area contributed by atoms with Crippen LogP contribution in [0.1, 0.15) is 20.8 Å². The molecule has 21 heavy (non-hydrogen) atoms. The fraction of sp³-hybridized carbons (Fsp3) is 0.545. The van der Waals surface area contributed by atoms with Crippen LogP contribution in [0.3, 0.4) is 0 Å². The fourth-order valence-corrected chi connectivity index (χ4v) is 2.44. The van der Waals surface area contributed by atoms with Crippen LogP contribution in [0.15, 0.2) is 5.16 Å². The highest BCUT2D eigenvalue weighted by atomic mass is 32.2. The summed E-state index contributed by atoms with van der Waals surface area (Å²) in [6, 6.07) is -0.597. The lowest BCUT2D eigenvalue weighted by molar-refractivity contribution is -0.122.